The van der Waals surface area contributed by atoms with Crippen molar-refractivity contribution in [2.45, 2.75) is 19.4 Å². The molecule has 174 valence electrons. The van der Waals surface area contributed by atoms with Crippen LogP contribution in [0.15, 0.2) is 42.0 Å². The Kier molecular flexibility index (Phi) is 5.31. The predicted octanol–water partition coefficient (Wildman–Crippen LogP) is 4.73. The number of hydrogen-bond donors (Lipinski definition) is 1. The molecule has 4 heterocycles. The van der Waals surface area contributed by atoms with Crippen LogP contribution in [-0.4, -0.2) is 50.4 Å². The molecule has 1 saturated heterocycles. The van der Waals surface area contributed by atoms with Gasteiger partial charge in [0.1, 0.15) is 5.69 Å². The molecule has 8 nitrogen and oxygen atoms in total. The zero-order valence-corrected chi connectivity index (χ0v) is 20.5. The summed E-state index contributed by atoms with van der Waals surface area (Å²) in [6.45, 7) is 2.90. The SMILES string of the molecule is Cc1nc(C(=O)N2C[C@@H]3C[C@@H]3[C@H]2CNC(=O)Oc2cnc3sccn23)c(-c2cccc(Cl)c2)s1. The number of amides is 2. The zero-order valence-electron chi connectivity index (χ0n) is 18.1. The van der Waals surface area contributed by atoms with Crippen molar-refractivity contribution in [2.24, 2.45) is 11.8 Å². The molecule has 6 rings (SSSR count). The molecule has 0 unspecified atom stereocenters. The summed E-state index contributed by atoms with van der Waals surface area (Å²) in [4.78, 5) is 38.3. The molecular formula is C23H20ClN5O3S2. The molecule has 2 fully saturated rings. The third kappa shape index (κ3) is 3.85. The second kappa shape index (κ2) is 8.37. The zero-order chi connectivity index (χ0) is 23.4. The fourth-order valence-electron chi connectivity index (χ4n) is 4.70. The van der Waals surface area contributed by atoms with E-state index in [2.05, 4.69) is 15.3 Å². The lowest BCUT2D eigenvalue weighted by Crippen LogP contribution is -2.46. The Morgan fingerprint density at radius 2 is 2.24 bits per heavy atom. The Hall–Kier alpha value is -2.95. The number of thiazole rings is 2. The van der Waals surface area contributed by atoms with Crippen LogP contribution in [0.4, 0.5) is 4.79 Å². The highest BCUT2D eigenvalue weighted by Crippen LogP contribution is 2.50. The third-order valence-electron chi connectivity index (χ3n) is 6.35. The molecule has 11 heteroatoms. The van der Waals surface area contributed by atoms with Gasteiger partial charge in [-0.1, -0.05) is 23.7 Å². The lowest BCUT2D eigenvalue weighted by Gasteiger charge is -2.27. The largest absolute Gasteiger partial charge is 0.414 e. The first kappa shape index (κ1) is 21.6. The number of ether oxygens (including phenoxy) is 1. The van der Waals surface area contributed by atoms with Crippen molar-refractivity contribution in [2.75, 3.05) is 13.1 Å². The number of nitrogens with one attached hydrogen (secondary N) is 1. The van der Waals surface area contributed by atoms with Crippen LogP contribution in [-0.2, 0) is 0 Å². The van der Waals surface area contributed by atoms with Crippen LogP contribution in [0, 0.1) is 18.8 Å². The van der Waals surface area contributed by atoms with E-state index in [1.807, 2.05) is 41.5 Å². The van der Waals surface area contributed by atoms with E-state index in [0.29, 0.717) is 41.5 Å². The Bertz CT molecular complexity index is 1410. The van der Waals surface area contributed by atoms with Gasteiger partial charge in [-0.05, 0) is 42.9 Å². The van der Waals surface area contributed by atoms with Crippen LogP contribution in [0.1, 0.15) is 21.9 Å². The number of imidazole rings is 1. The van der Waals surface area contributed by atoms with Crippen LogP contribution in [0.2, 0.25) is 5.02 Å². The van der Waals surface area contributed by atoms with Crippen molar-refractivity contribution >= 4 is 51.2 Å². The number of aryl methyl sites for hydroxylation is 1. The van der Waals surface area contributed by atoms with E-state index >= 15 is 0 Å². The molecule has 1 N–H and O–H groups in total. The Morgan fingerprint density at radius 3 is 3.09 bits per heavy atom. The molecule has 1 aromatic carbocycles. The van der Waals surface area contributed by atoms with Gasteiger partial charge in [0, 0.05) is 29.7 Å². The number of carbonyl (C=O) groups is 2. The van der Waals surface area contributed by atoms with Crippen molar-refractivity contribution in [3.05, 3.63) is 57.8 Å². The maximum absolute atomic E-state index is 13.6. The van der Waals surface area contributed by atoms with E-state index in [-0.39, 0.29) is 11.9 Å². The quantitative estimate of drug-likeness (QED) is 0.417. The fourth-order valence-corrected chi connectivity index (χ4v) is 6.48. The topological polar surface area (TPSA) is 88.8 Å². The number of benzene rings is 1. The van der Waals surface area contributed by atoms with Gasteiger partial charge < -0.3 is 15.0 Å². The maximum atomic E-state index is 13.6. The van der Waals surface area contributed by atoms with Gasteiger partial charge >= 0.3 is 6.09 Å². The number of likely N-dealkylation sites (tertiary alicyclic amines) is 1. The first-order chi connectivity index (χ1) is 16.5. The van der Waals surface area contributed by atoms with Gasteiger partial charge in [0.25, 0.3) is 5.91 Å². The molecule has 2 aliphatic rings. The smallest absolute Gasteiger partial charge is 0.391 e. The molecule has 1 aliphatic carbocycles. The average molecular weight is 514 g/mol. The normalized spacial score (nSPS) is 21.0. The summed E-state index contributed by atoms with van der Waals surface area (Å²) in [5.74, 6) is 1.11. The minimum Gasteiger partial charge on any atom is -0.391 e. The summed E-state index contributed by atoms with van der Waals surface area (Å²) in [5.41, 5.74) is 1.32. The number of piperidine rings is 1. The van der Waals surface area contributed by atoms with E-state index in [0.717, 1.165) is 26.8 Å². The average Bonchev–Trinajstić information content (AvgIpc) is 3.20. The monoisotopic (exact) mass is 513 g/mol. The van der Waals surface area contributed by atoms with Crippen molar-refractivity contribution < 1.29 is 14.3 Å². The molecule has 0 spiro atoms. The minimum absolute atomic E-state index is 0.0918. The van der Waals surface area contributed by atoms with Crippen LogP contribution in [0.3, 0.4) is 0 Å². The first-order valence-corrected chi connectivity index (χ1v) is 13.0. The van der Waals surface area contributed by atoms with Gasteiger partial charge in [-0.2, -0.15) is 0 Å². The third-order valence-corrected chi connectivity index (χ3v) is 8.38. The van der Waals surface area contributed by atoms with Crippen LogP contribution < -0.4 is 10.1 Å². The Balaban J connectivity index is 1.18. The molecule has 3 aromatic heterocycles. The molecular weight excluding hydrogens is 494 g/mol. The Labute approximate surface area is 208 Å². The van der Waals surface area contributed by atoms with Crippen LogP contribution in [0.5, 0.6) is 5.88 Å². The summed E-state index contributed by atoms with van der Waals surface area (Å²) in [7, 11) is 0. The van der Waals surface area contributed by atoms with E-state index in [9.17, 15) is 9.59 Å². The molecule has 0 radical (unpaired) electrons. The van der Waals surface area contributed by atoms with Crippen molar-refractivity contribution in [1.82, 2.24) is 24.6 Å². The maximum Gasteiger partial charge on any atom is 0.414 e. The van der Waals surface area contributed by atoms with Gasteiger partial charge in [0.2, 0.25) is 5.88 Å². The van der Waals surface area contributed by atoms with Crippen molar-refractivity contribution in [1.29, 1.82) is 0 Å². The highest BCUT2D eigenvalue weighted by atomic mass is 35.5. The van der Waals surface area contributed by atoms with E-state index in [1.54, 1.807) is 10.6 Å². The number of rotatable bonds is 5. The molecule has 34 heavy (non-hydrogen) atoms. The van der Waals surface area contributed by atoms with Gasteiger partial charge in [-0.15, -0.1) is 22.7 Å². The number of nitrogens with zero attached hydrogens (tertiary/aromatic N) is 4. The second-order valence-electron chi connectivity index (χ2n) is 8.53. The number of carbonyl (C=O) groups excluding carboxylic acids is 2. The number of aromatic nitrogens is 3. The predicted molar refractivity (Wildman–Crippen MR) is 131 cm³/mol. The highest BCUT2D eigenvalue weighted by Gasteiger charge is 2.54. The van der Waals surface area contributed by atoms with E-state index in [1.165, 1.54) is 28.9 Å². The summed E-state index contributed by atoms with van der Waals surface area (Å²) in [5, 5.41) is 6.15. The van der Waals surface area contributed by atoms with E-state index < -0.39 is 6.09 Å². The highest BCUT2D eigenvalue weighted by molar-refractivity contribution is 7.15. The summed E-state index contributed by atoms with van der Waals surface area (Å²) in [6.07, 6.45) is 3.83. The van der Waals surface area contributed by atoms with Gasteiger partial charge in [-0.3, -0.25) is 9.20 Å². The molecule has 2 amide bonds. The van der Waals surface area contributed by atoms with Crippen LogP contribution in [0.25, 0.3) is 15.4 Å². The Morgan fingerprint density at radius 1 is 1.35 bits per heavy atom. The number of hydrogen-bond acceptors (Lipinski definition) is 7. The molecule has 3 atom stereocenters. The van der Waals surface area contributed by atoms with Crippen molar-refractivity contribution in [3.63, 3.8) is 0 Å². The number of halogens is 1. The summed E-state index contributed by atoms with van der Waals surface area (Å²) in [6, 6.07) is 7.37. The second-order valence-corrected chi connectivity index (χ2v) is 11.0. The van der Waals surface area contributed by atoms with Gasteiger partial charge in [-0.25, -0.2) is 14.8 Å². The van der Waals surface area contributed by atoms with Crippen LogP contribution >= 0.6 is 34.3 Å². The molecule has 1 saturated carbocycles. The molecule has 0 bridgehead atoms. The summed E-state index contributed by atoms with van der Waals surface area (Å²) < 4.78 is 7.15. The standard InChI is InChI=1S/C23H20ClN5O3S2/c1-12-27-19(20(34-12)13-3-2-4-15(24)7-13)21(30)29-11-14-8-16(14)17(29)9-26-23(31)32-18-10-25-22-28(18)5-6-33-22/h2-7,10,14,16-17H,8-9,11H2,1H3,(H,26,31)/t14-,16-,17+/m0/s1. The van der Waals surface area contributed by atoms with Gasteiger partial charge in [0.05, 0.1) is 22.1 Å². The van der Waals surface area contributed by atoms with Crippen molar-refractivity contribution in [3.8, 4) is 16.3 Å². The first-order valence-electron chi connectivity index (χ1n) is 10.9. The number of fused-ring (bicyclic) bond motifs is 2. The van der Waals surface area contributed by atoms with Gasteiger partial charge in [0.15, 0.2) is 4.96 Å². The molecule has 1 aliphatic heterocycles. The molecule has 4 aromatic rings. The fraction of sp³-hybridized carbons (Fsp3) is 0.304. The lowest BCUT2D eigenvalue weighted by atomic mass is 10.1. The summed E-state index contributed by atoms with van der Waals surface area (Å²) >= 11 is 9.13. The lowest BCUT2D eigenvalue weighted by molar-refractivity contribution is 0.0700. The van der Waals surface area contributed by atoms with E-state index in [4.69, 9.17) is 16.3 Å². The minimum atomic E-state index is -0.561.